The van der Waals surface area contributed by atoms with Crippen molar-refractivity contribution in [3.63, 3.8) is 0 Å². The molecule has 2 aromatic carbocycles. The van der Waals surface area contributed by atoms with E-state index in [-0.39, 0.29) is 11.8 Å². The molecule has 26 heavy (non-hydrogen) atoms. The van der Waals surface area contributed by atoms with Gasteiger partial charge in [-0.2, -0.15) is 0 Å². The number of halogens is 1. The molecule has 0 spiro atoms. The first-order chi connectivity index (χ1) is 12.7. The van der Waals surface area contributed by atoms with Gasteiger partial charge in [0.2, 0.25) is 0 Å². The summed E-state index contributed by atoms with van der Waals surface area (Å²) in [5.74, 6) is 1.03. The smallest absolute Gasteiger partial charge is 0.255 e. The Labute approximate surface area is 161 Å². The summed E-state index contributed by atoms with van der Waals surface area (Å²) in [6, 6.07) is 13.4. The maximum Gasteiger partial charge on any atom is 0.255 e. The molecule has 2 heterocycles. The van der Waals surface area contributed by atoms with Gasteiger partial charge in [-0.25, -0.2) is 4.98 Å². The molecule has 1 fully saturated rings. The molecular formula is C20H19ClN2O2S. The van der Waals surface area contributed by atoms with Crippen molar-refractivity contribution >= 4 is 40.4 Å². The molecule has 1 saturated heterocycles. The van der Waals surface area contributed by atoms with Crippen molar-refractivity contribution in [3.05, 3.63) is 58.9 Å². The van der Waals surface area contributed by atoms with E-state index in [9.17, 15) is 4.79 Å². The van der Waals surface area contributed by atoms with Gasteiger partial charge in [-0.05, 0) is 49.4 Å². The number of hydrogen-bond acceptors (Lipinski definition) is 4. The van der Waals surface area contributed by atoms with Crippen molar-refractivity contribution in [2.24, 2.45) is 0 Å². The highest BCUT2D eigenvalue weighted by molar-refractivity contribution is 7.98. The molecule has 1 aliphatic rings. The van der Waals surface area contributed by atoms with Crippen molar-refractivity contribution in [2.75, 3.05) is 19.3 Å². The van der Waals surface area contributed by atoms with E-state index in [4.69, 9.17) is 16.0 Å². The van der Waals surface area contributed by atoms with Crippen LogP contribution in [0.5, 0.6) is 0 Å². The lowest BCUT2D eigenvalue weighted by Crippen LogP contribution is -2.38. The molecule has 0 radical (unpaired) electrons. The van der Waals surface area contributed by atoms with Crippen LogP contribution < -0.4 is 0 Å². The first-order valence-electron chi connectivity index (χ1n) is 8.64. The summed E-state index contributed by atoms with van der Waals surface area (Å²) in [4.78, 5) is 20.4. The summed E-state index contributed by atoms with van der Waals surface area (Å²) in [6.07, 6.45) is 3.68. The maximum atomic E-state index is 12.9. The van der Waals surface area contributed by atoms with Crippen LogP contribution in [-0.4, -0.2) is 35.1 Å². The Morgan fingerprint density at radius 2 is 2.00 bits per heavy atom. The summed E-state index contributed by atoms with van der Waals surface area (Å²) < 4.78 is 5.90. The number of nitrogens with zero attached hydrogens (tertiary/aromatic N) is 2. The van der Waals surface area contributed by atoms with Crippen LogP contribution in [0.3, 0.4) is 0 Å². The van der Waals surface area contributed by atoms with E-state index in [2.05, 4.69) is 4.98 Å². The molecule has 0 saturated carbocycles. The lowest BCUT2D eigenvalue weighted by Gasteiger charge is -2.31. The Balaban J connectivity index is 1.47. The fourth-order valence-corrected chi connectivity index (χ4v) is 4.00. The van der Waals surface area contributed by atoms with Crippen LogP contribution in [0.4, 0.5) is 0 Å². The molecule has 1 amide bonds. The summed E-state index contributed by atoms with van der Waals surface area (Å²) in [7, 11) is 0. The number of thioether (sulfide) groups is 1. The Morgan fingerprint density at radius 1 is 1.23 bits per heavy atom. The van der Waals surface area contributed by atoms with Gasteiger partial charge in [0.1, 0.15) is 5.52 Å². The molecule has 6 heteroatoms. The minimum atomic E-state index is 0.00177. The van der Waals surface area contributed by atoms with E-state index in [0.717, 1.165) is 34.7 Å². The second-order valence-corrected chi connectivity index (χ2v) is 7.72. The molecule has 3 aromatic rings. The third-order valence-corrected chi connectivity index (χ3v) is 5.90. The van der Waals surface area contributed by atoms with E-state index < -0.39 is 0 Å². The fraction of sp³-hybridized carbons (Fsp3) is 0.300. The van der Waals surface area contributed by atoms with E-state index in [1.807, 2.05) is 47.6 Å². The van der Waals surface area contributed by atoms with Gasteiger partial charge in [-0.3, -0.25) is 4.79 Å². The largest absolute Gasteiger partial charge is 0.440 e. The average Bonchev–Trinajstić information content (AvgIpc) is 3.12. The molecule has 134 valence electrons. The molecule has 4 rings (SSSR count). The number of fused-ring (bicyclic) bond motifs is 1. The molecule has 1 aliphatic heterocycles. The molecule has 1 aromatic heterocycles. The highest BCUT2D eigenvalue weighted by Crippen LogP contribution is 2.31. The van der Waals surface area contributed by atoms with Gasteiger partial charge in [0.25, 0.3) is 5.91 Å². The first-order valence-corrected chi connectivity index (χ1v) is 10.2. The minimum Gasteiger partial charge on any atom is -0.440 e. The summed E-state index contributed by atoms with van der Waals surface area (Å²) in [5.41, 5.74) is 2.29. The van der Waals surface area contributed by atoms with E-state index in [1.165, 1.54) is 0 Å². The molecule has 0 N–H and O–H groups in total. The van der Waals surface area contributed by atoms with E-state index in [1.54, 1.807) is 17.8 Å². The summed E-state index contributed by atoms with van der Waals surface area (Å²) >= 11 is 7.86. The number of piperidine rings is 1. The molecule has 0 bridgehead atoms. The number of amides is 1. The second kappa shape index (κ2) is 7.33. The number of oxazole rings is 1. The van der Waals surface area contributed by atoms with Gasteiger partial charge in [0.05, 0.1) is 10.6 Å². The molecule has 0 atom stereocenters. The number of carbonyl (C=O) groups is 1. The number of rotatable bonds is 3. The number of hydrogen-bond donors (Lipinski definition) is 0. The monoisotopic (exact) mass is 386 g/mol. The average molecular weight is 387 g/mol. The molecule has 0 unspecified atom stereocenters. The van der Waals surface area contributed by atoms with Crippen LogP contribution in [0, 0.1) is 0 Å². The Kier molecular flexibility index (Phi) is 4.92. The zero-order valence-corrected chi connectivity index (χ0v) is 16.0. The van der Waals surface area contributed by atoms with Gasteiger partial charge in [-0.1, -0.05) is 23.7 Å². The predicted molar refractivity (Wildman–Crippen MR) is 105 cm³/mol. The van der Waals surface area contributed by atoms with Gasteiger partial charge in [-0.15, -0.1) is 11.8 Å². The zero-order chi connectivity index (χ0) is 18.1. The van der Waals surface area contributed by atoms with E-state index >= 15 is 0 Å². The number of para-hydroxylation sites is 2. The van der Waals surface area contributed by atoms with Crippen LogP contribution in [0.25, 0.3) is 11.1 Å². The van der Waals surface area contributed by atoms with Crippen molar-refractivity contribution in [3.8, 4) is 0 Å². The van der Waals surface area contributed by atoms with Crippen LogP contribution in [-0.2, 0) is 0 Å². The first kappa shape index (κ1) is 17.4. The van der Waals surface area contributed by atoms with Crippen molar-refractivity contribution in [1.82, 2.24) is 9.88 Å². The predicted octanol–water partition coefficient (Wildman–Crippen LogP) is 5.22. The Bertz CT molecular complexity index is 915. The van der Waals surface area contributed by atoms with Gasteiger partial charge in [0.15, 0.2) is 11.5 Å². The highest BCUT2D eigenvalue weighted by atomic mass is 35.5. The number of likely N-dealkylation sites (tertiary alicyclic amines) is 1. The Morgan fingerprint density at radius 3 is 2.73 bits per heavy atom. The van der Waals surface area contributed by atoms with Crippen molar-refractivity contribution in [2.45, 2.75) is 23.7 Å². The van der Waals surface area contributed by atoms with Gasteiger partial charge in [0, 0.05) is 23.9 Å². The fourth-order valence-electron chi connectivity index (χ4n) is 3.36. The number of benzene rings is 2. The topological polar surface area (TPSA) is 46.3 Å². The number of carbonyl (C=O) groups excluding carboxylic acids is 1. The SMILES string of the molecule is CSc1ccc(Cl)c(C(=O)N2CCC(c3nc4ccccc4o3)CC2)c1. The van der Waals surface area contributed by atoms with Crippen LogP contribution in [0.15, 0.2) is 51.8 Å². The summed E-state index contributed by atoms with van der Waals surface area (Å²) in [5, 5.41) is 0.508. The standard InChI is InChI=1S/C20H19ClN2O2S/c1-26-14-6-7-16(21)15(12-14)20(24)23-10-8-13(9-11-23)19-22-17-4-2-3-5-18(17)25-19/h2-7,12-13H,8-11H2,1H3. The van der Waals surface area contributed by atoms with Crippen LogP contribution in [0.2, 0.25) is 5.02 Å². The van der Waals surface area contributed by atoms with Crippen LogP contribution >= 0.6 is 23.4 Å². The van der Waals surface area contributed by atoms with Crippen molar-refractivity contribution < 1.29 is 9.21 Å². The lowest BCUT2D eigenvalue weighted by atomic mass is 9.96. The third kappa shape index (κ3) is 3.33. The second-order valence-electron chi connectivity index (χ2n) is 6.43. The quantitative estimate of drug-likeness (QED) is 0.579. The zero-order valence-electron chi connectivity index (χ0n) is 14.4. The van der Waals surface area contributed by atoms with Gasteiger partial charge < -0.3 is 9.32 Å². The molecule has 4 nitrogen and oxygen atoms in total. The maximum absolute atomic E-state index is 12.9. The summed E-state index contributed by atoms with van der Waals surface area (Å²) in [6.45, 7) is 1.37. The molecular weight excluding hydrogens is 368 g/mol. The Hall–Kier alpha value is -1.98. The lowest BCUT2D eigenvalue weighted by molar-refractivity contribution is 0.0706. The third-order valence-electron chi connectivity index (χ3n) is 4.85. The van der Waals surface area contributed by atoms with Gasteiger partial charge >= 0.3 is 0 Å². The molecule has 0 aliphatic carbocycles. The number of aromatic nitrogens is 1. The van der Waals surface area contributed by atoms with Crippen molar-refractivity contribution in [1.29, 1.82) is 0 Å². The normalized spacial score (nSPS) is 15.5. The van der Waals surface area contributed by atoms with Crippen LogP contribution in [0.1, 0.15) is 35.0 Å². The minimum absolute atomic E-state index is 0.00177. The van der Waals surface area contributed by atoms with E-state index in [0.29, 0.717) is 23.7 Å². The highest BCUT2D eigenvalue weighted by Gasteiger charge is 2.28.